The van der Waals surface area contributed by atoms with Gasteiger partial charge in [-0.25, -0.2) is 13.1 Å². The number of hydrogen-bond donors (Lipinski definition) is 2. The van der Waals surface area contributed by atoms with Crippen LogP contribution in [-0.4, -0.2) is 50.9 Å². The molecule has 10 heteroatoms. The van der Waals surface area contributed by atoms with E-state index >= 15 is 0 Å². The number of hydrogen-bond acceptors (Lipinski definition) is 5. The molecule has 2 N–H and O–H groups in total. The van der Waals surface area contributed by atoms with E-state index in [0.717, 1.165) is 24.0 Å². The number of carbonyl (C=O) groups is 2. The van der Waals surface area contributed by atoms with E-state index in [1.807, 2.05) is 49.4 Å². The lowest BCUT2D eigenvalue weighted by molar-refractivity contribution is -0.141. The normalized spacial score (nSPS) is 13.9. The van der Waals surface area contributed by atoms with Gasteiger partial charge >= 0.3 is 0 Å². The van der Waals surface area contributed by atoms with E-state index < -0.39 is 16.1 Å². The molecule has 0 bridgehead atoms. The van der Waals surface area contributed by atoms with E-state index in [4.69, 9.17) is 16.3 Å². The molecule has 8 nitrogen and oxygen atoms in total. The van der Waals surface area contributed by atoms with Crippen molar-refractivity contribution >= 4 is 33.4 Å². The number of aryl methyl sites for hydroxylation is 1. The highest BCUT2D eigenvalue weighted by Crippen LogP contribution is 2.26. The molecule has 1 aliphatic carbocycles. The maximum Gasteiger partial charge on any atom is 0.247 e. The molecule has 42 heavy (non-hydrogen) atoms. The second-order valence-corrected chi connectivity index (χ2v) is 12.5. The molecular formula is C32H38ClN3O5S. The Bertz CT molecular complexity index is 1410. The van der Waals surface area contributed by atoms with Crippen LogP contribution in [0.4, 0.5) is 0 Å². The molecule has 0 heterocycles. The van der Waals surface area contributed by atoms with Crippen LogP contribution >= 0.6 is 11.6 Å². The highest BCUT2D eigenvalue weighted by molar-refractivity contribution is 7.89. The fourth-order valence-corrected chi connectivity index (χ4v) is 5.99. The maximum absolute atomic E-state index is 13.9. The number of benzene rings is 3. The van der Waals surface area contributed by atoms with Crippen molar-refractivity contribution in [2.75, 3.05) is 19.8 Å². The summed E-state index contributed by atoms with van der Waals surface area (Å²) in [7, 11) is -3.55. The first-order valence-corrected chi connectivity index (χ1v) is 16.2. The van der Waals surface area contributed by atoms with E-state index in [1.54, 1.807) is 41.3 Å². The summed E-state index contributed by atoms with van der Waals surface area (Å²) in [5.41, 5.74) is 2.38. The molecule has 1 unspecified atom stereocenters. The van der Waals surface area contributed by atoms with Gasteiger partial charge in [0, 0.05) is 43.8 Å². The summed E-state index contributed by atoms with van der Waals surface area (Å²) in [6.45, 7) is 3.71. The molecule has 3 aromatic carbocycles. The summed E-state index contributed by atoms with van der Waals surface area (Å²) >= 11 is 6.10. The topological polar surface area (TPSA) is 105 Å². The minimum atomic E-state index is -3.55. The first-order chi connectivity index (χ1) is 20.3. The lowest BCUT2D eigenvalue weighted by Crippen LogP contribution is -2.43. The lowest BCUT2D eigenvalue weighted by atomic mass is 10.0. The van der Waals surface area contributed by atoms with E-state index in [9.17, 15) is 18.0 Å². The van der Waals surface area contributed by atoms with Gasteiger partial charge in [-0.3, -0.25) is 9.59 Å². The SMILES string of the molecule is CCOCCCNC(=O)C(c1ccccc1)N(Cc1ccc(Cl)cc1)C(=O)CCc1ccc(S(=O)(=O)NC2CC2)cc1. The van der Waals surface area contributed by atoms with Gasteiger partial charge in [-0.15, -0.1) is 0 Å². The number of amides is 2. The molecule has 0 radical (unpaired) electrons. The summed E-state index contributed by atoms with van der Waals surface area (Å²) in [5, 5.41) is 3.57. The highest BCUT2D eigenvalue weighted by Gasteiger charge is 2.31. The van der Waals surface area contributed by atoms with Gasteiger partial charge < -0.3 is 15.0 Å². The average Bonchev–Trinajstić information content (AvgIpc) is 3.80. The number of ether oxygens (including phenoxy) is 1. The van der Waals surface area contributed by atoms with Crippen molar-refractivity contribution in [3.8, 4) is 0 Å². The Kier molecular flexibility index (Phi) is 11.5. The Hall–Kier alpha value is -3.24. The third-order valence-corrected chi connectivity index (χ3v) is 8.78. The van der Waals surface area contributed by atoms with Crippen molar-refractivity contribution in [1.82, 2.24) is 14.9 Å². The van der Waals surface area contributed by atoms with E-state index in [0.29, 0.717) is 43.2 Å². The fourth-order valence-electron chi connectivity index (χ4n) is 4.56. The third kappa shape index (κ3) is 9.39. The van der Waals surface area contributed by atoms with Crippen LogP contribution in [0.3, 0.4) is 0 Å². The predicted molar refractivity (Wildman–Crippen MR) is 163 cm³/mol. The molecule has 2 amide bonds. The molecule has 0 saturated heterocycles. The molecule has 3 aromatic rings. The number of rotatable bonds is 16. The van der Waals surface area contributed by atoms with Crippen LogP contribution in [0.5, 0.6) is 0 Å². The van der Waals surface area contributed by atoms with Gasteiger partial charge in [0.2, 0.25) is 21.8 Å². The van der Waals surface area contributed by atoms with Crippen LogP contribution in [0.15, 0.2) is 83.8 Å². The Labute approximate surface area is 253 Å². The zero-order chi connectivity index (χ0) is 30.0. The standard InChI is InChI=1S/C32H38ClN3O5S/c1-2-41-22-6-21-34-32(38)31(26-7-4-3-5-8-26)36(23-25-9-14-27(33)15-10-25)30(37)20-13-24-11-18-29(19-12-24)42(39,40)35-28-16-17-28/h3-5,7-12,14-15,18-19,28,31,35H,2,6,13,16-17,20-23H2,1H3,(H,34,38). The van der Waals surface area contributed by atoms with Gasteiger partial charge in [0.1, 0.15) is 6.04 Å². The van der Waals surface area contributed by atoms with Gasteiger partial charge in [0.15, 0.2) is 0 Å². The molecule has 0 aliphatic heterocycles. The van der Waals surface area contributed by atoms with Crippen LogP contribution in [-0.2, 0) is 37.3 Å². The first kappa shape index (κ1) is 31.7. The molecule has 224 valence electrons. The van der Waals surface area contributed by atoms with Crippen molar-refractivity contribution in [1.29, 1.82) is 0 Å². The van der Waals surface area contributed by atoms with E-state index in [1.165, 1.54) is 0 Å². The number of nitrogens with one attached hydrogen (secondary N) is 2. The molecule has 0 aromatic heterocycles. The van der Waals surface area contributed by atoms with Crippen molar-refractivity contribution < 1.29 is 22.7 Å². The zero-order valence-corrected chi connectivity index (χ0v) is 25.4. The van der Waals surface area contributed by atoms with Crippen LogP contribution in [0.25, 0.3) is 0 Å². The van der Waals surface area contributed by atoms with Crippen LogP contribution in [0.2, 0.25) is 5.02 Å². The second kappa shape index (κ2) is 15.3. The fraction of sp³-hybridized carbons (Fsp3) is 0.375. The lowest BCUT2D eigenvalue weighted by Gasteiger charge is -2.32. The van der Waals surface area contributed by atoms with Crippen molar-refractivity contribution in [3.05, 3.63) is 101 Å². The van der Waals surface area contributed by atoms with Gasteiger partial charge in [-0.1, -0.05) is 66.2 Å². The number of halogens is 1. The average molecular weight is 612 g/mol. The molecular weight excluding hydrogens is 574 g/mol. The molecule has 1 fully saturated rings. The number of carbonyl (C=O) groups excluding carboxylic acids is 2. The van der Waals surface area contributed by atoms with Gasteiger partial charge in [0.05, 0.1) is 4.90 Å². The van der Waals surface area contributed by atoms with Crippen LogP contribution in [0.1, 0.15) is 55.3 Å². The molecule has 4 rings (SSSR count). The highest BCUT2D eigenvalue weighted by atomic mass is 35.5. The summed E-state index contributed by atoms with van der Waals surface area (Å²) in [6, 6.07) is 22.3. The minimum absolute atomic E-state index is 0.0263. The molecule has 0 spiro atoms. The second-order valence-electron chi connectivity index (χ2n) is 10.3. The largest absolute Gasteiger partial charge is 0.382 e. The van der Waals surface area contributed by atoms with Crippen molar-refractivity contribution in [2.24, 2.45) is 0 Å². The first-order valence-electron chi connectivity index (χ1n) is 14.3. The predicted octanol–water partition coefficient (Wildman–Crippen LogP) is 5.03. The van der Waals surface area contributed by atoms with Gasteiger partial charge in [-0.05, 0) is 73.6 Å². The van der Waals surface area contributed by atoms with Gasteiger partial charge in [0.25, 0.3) is 0 Å². The van der Waals surface area contributed by atoms with Crippen molar-refractivity contribution in [2.45, 2.75) is 62.6 Å². The number of nitrogens with zero attached hydrogens (tertiary/aromatic N) is 1. The molecule has 1 saturated carbocycles. The minimum Gasteiger partial charge on any atom is -0.382 e. The van der Waals surface area contributed by atoms with Crippen molar-refractivity contribution in [3.63, 3.8) is 0 Å². The summed E-state index contributed by atoms with van der Waals surface area (Å²) in [4.78, 5) is 29.3. The molecule has 1 atom stereocenters. The van der Waals surface area contributed by atoms with E-state index in [2.05, 4.69) is 10.0 Å². The smallest absolute Gasteiger partial charge is 0.247 e. The van der Waals surface area contributed by atoms with Gasteiger partial charge in [-0.2, -0.15) is 0 Å². The summed E-state index contributed by atoms with van der Waals surface area (Å²) in [6.07, 6.45) is 2.92. The Morgan fingerprint density at radius 1 is 0.976 bits per heavy atom. The Balaban J connectivity index is 1.52. The Morgan fingerprint density at radius 3 is 2.29 bits per heavy atom. The summed E-state index contributed by atoms with van der Waals surface area (Å²) < 4.78 is 33.1. The third-order valence-electron chi connectivity index (χ3n) is 6.99. The zero-order valence-electron chi connectivity index (χ0n) is 23.8. The maximum atomic E-state index is 13.9. The quantitative estimate of drug-likeness (QED) is 0.221. The Morgan fingerprint density at radius 2 is 1.64 bits per heavy atom. The number of sulfonamides is 1. The monoisotopic (exact) mass is 611 g/mol. The van der Waals surface area contributed by atoms with Crippen LogP contribution in [0, 0.1) is 0 Å². The molecule has 1 aliphatic rings. The van der Waals surface area contributed by atoms with E-state index in [-0.39, 0.29) is 35.7 Å². The summed E-state index contributed by atoms with van der Waals surface area (Å²) in [5.74, 6) is -0.465. The van der Waals surface area contributed by atoms with Crippen LogP contribution < -0.4 is 10.0 Å².